The molecule has 0 radical (unpaired) electrons. The maximum absolute atomic E-state index is 11.7. The van der Waals surface area contributed by atoms with Crippen LogP contribution in [0.4, 0.5) is 5.69 Å². The molecule has 1 aliphatic heterocycles. The second-order valence-corrected chi connectivity index (χ2v) is 4.00. The van der Waals surface area contributed by atoms with Gasteiger partial charge in [-0.1, -0.05) is 18.2 Å². The molecule has 0 unspecified atom stereocenters. The fourth-order valence-corrected chi connectivity index (χ4v) is 2.22. The van der Waals surface area contributed by atoms with Gasteiger partial charge in [0.2, 0.25) is 5.91 Å². The molecule has 1 amide bonds. The number of carbonyl (C=O) groups excluding carboxylic acids is 1. The maximum atomic E-state index is 11.7. The number of rotatable bonds is 1. The van der Waals surface area contributed by atoms with Crippen LogP contribution >= 0.6 is 0 Å². The second-order valence-electron chi connectivity index (χ2n) is 4.00. The van der Waals surface area contributed by atoms with Gasteiger partial charge in [0, 0.05) is 24.5 Å². The first-order valence-electron chi connectivity index (χ1n) is 5.50. The number of fused-ring (bicyclic) bond motifs is 1. The van der Waals surface area contributed by atoms with E-state index in [0.717, 1.165) is 29.6 Å². The SMILES string of the molecule is O=C1CCCN1c1ccnc2ccccc12. The Morgan fingerprint density at radius 1 is 1.19 bits per heavy atom. The first-order chi connectivity index (χ1) is 7.86. The normalized spacial score (nSPS) is 16.0. The highest BCUT2D eigenvalue weighted by molar-refractivity contribution is 6.03. The molecule has 3 heteroatoms. The van der Waals surface area contributed by atoms with Crippen molar-refractivity contribution in [3.8, 4) is 0 Å². The van der Waals surface area contributed by atoms with E-state index in [1.807, 2.05) is 35.2 Å². The van der Waals surface area contributed by atoms with Gasteiger partial charge in [0.25, 0.3) is 0 Å². The number of nitrogens with zero attached hydrogens (tertiary/aromatic N) is 2. The number of anilines is 1. The summed E-state index contributed by atoms with van der Waals surface area (Å²) in [5, 5.41) is 1.06. The molecule has 1 aromatic carbocycles. The lowest BCUT2D eigenvalue weighted by atomic mass is 10.2. The Hall–Kier alpha value is -1.90. The van der Waals surface area contributed by atoms with Gasteiger partial charge in [0.05, 0.1) is 11.2 Å². The number of aromatic nitrogens is 1. The molecular formula is C13H12N2O. The van der Waals surface area contributed by atoms with Crippen LogP contribution < -0.4 is 4.90 Å². The number of hydrogen-bond acceptors (Lipinski definition) is 2. The van der Waals surface area contributed by atoms with Crippen LogP contribution in [0.15, 0.2) is 36.5 Å². The van der Waals surface area contributed by atoms with Gasteiger partial charge >= 0.3 is 0 Å². The molecule has 2 heterocycles. The number of para-hydroxylation sites is 1. The number of benzene rings is 1. The first kappa shape index (κ1) is 9.33. The summed E-state index contributed by atoms with van der Waals surface area (Å²) in [5.41, 5.74) is 1.94. The summed E-state index contributed by atoms with van der Waals surface area (Å²) in [6.07, 6.45) is 3.38. The third-order valence-electron chi connectivity index (χ3n) is 2.99. The number of amides is 1. The van der Waals surface area contributed by atoms with Gasteiger partial charge in [-0.2, -0.15) is 0 Å². The van der Waals surface area contributed by atoms with Crippen molar-refractivity contribution in [3.63, 3.8) is 0 Å². The molecule has 3 nitrogen and oxygen atoms in total. The van der Waals surface area contributed by atoms with Crippen molar-refractivity contribution in [2.24, 2.45) is 0 Å². The largest absolute Gasteiger partial charge is 0.312 e. The number of hydrogen-bond donors (Lipinski definition) is 0. The van der Waals surface area contributed by atoms with E-state index < -0.39 is 0 Å². The Bertz CT molecular complexity index is 545. The molecule has 80 valence electrons. The van der Waals surface area contributed by atoms with Crippen LogP contribution in [0.5, 0.6) is 0 Å². The smallest absolute Gasteiger partial charge is 0.227 e. The molecule has 1 saturated heterocycles. The van der Waals surface area contributed by atoms with Crippen molar-refractivity contribution in [1.29, 1.82) is 0 Å². The lowest BCUT2D eigenvalue weighted by molar-refractivity contribution is -0.117. The zero-order valence-electron chi connectivity index (χ0n) is 8.89. The van der Waals surface area contributed by atoms with E-state index in [9.17, 15) is 4.79 Å². The summed E-state index contributed by atoms with van der Waals surface area (Å²) in [6.45, 7) is 0.826. The lowest BCUT2D eigenvalue weighted by Crippen LogP contribution is -2.23. The third-order valence-corrected chi connectivity index (χ3v) is 2.99. The van der Waals surface area contributed by atoms with Crippen molar-refractivity contribution in [3.05, 3.63) is 36.5 Å². The molecule has 3 rings (SSSR count). The molecule has 2 aromatic rings. The van der Waals surface area contributed by atoms with E-state index in [0.29, 0.717) is 6.42 Å². The number of carbonyl (C=O) groups is 1. The minimum Gasteiger partial charge on any atom is -0.312 e. The maximum Gasteiger partial charge on any atom is 0.227 e. The van der Waals surface area contributed by atoms with Crippen LogP contribution in [0.25, 0.3) is 10.9 Å². The van der Waals surface area contributed by atoms with Crippen molar-refractivity contribution in [1.82, 2.24) is 4.98 Å². The number of pyridine rings is 1. The average molecular weight is 212 g/mol. The summed E-state index contributed by atoms with van der Waals surface area (Å²) < 4.78 is 0. The summed E-state index contributed by atoms with van der Waals surface area (Å²) in [5.74, 6) is 0.219. The van der Waals surface area contributed by atoms with E-state index in [-0.39, 0.29) is 5.91 Å². The molecule has 1 aliphatic rings. The monoisotopic (exact) mass is 212 g/mol. The van der Waals surface area contributed by atoms with Crippen molar-refractivity contribution in [2.75, 3.05) is 11.4 Å². The minimum atomic E-state index is 0.219. The van der Waals surface area contributed by atoms with E-state index in [2.05, 4.69) is 4.98 Å². The molecule has 1 aromatic heterocycles. The molecule has 0 saturated carbocycles. The van der Waals surface area contributed by atoms with Gasteiger partial charge < -0.3 is 4.90 Å². The molecule has 0 N–H and O–H groups in total. The lowest BCUT2D eigenvalue weighted by Gasteiger charge is -2.17. The Labute approximate surface area is 93.7 Å². The van der Waals surface area contributed by atoms with E-state index in [1.54, 1.807) is 6.20 Å². The Balaban J connectivity index is 2.19. The Morgan fingerprint density at radius 3 is 2.88 bits per heavy atom. The van der Waals surface area contributed by atoms with Gasteiger partial charge in [-0.25, -0.2) is 0 Å². The standard InChI is InChI=1S/C13H12N2O/c16-13-6-3-9-15(13)12-7-8-14-11-5-2-1-4-10(11)12/h1-2,4-5,7-8H,3,6,9H2. The highest BCUT2D eigenvalue weighted by Gasteiger charge is 2.22. The van der Waals surface area contributed by atoms with Crippen molar-refractivity contribution < 1.29 is 4.79 Å². The molecule has 16 heavy (non-hydrogen) atoms. The fourth-order valence-electron chi connectivity index (χ4n) is 2.22. The molecule has 0 spiro atoms. The van der Waals surface area contributed by atoms with Gasteiger partial charge in [-0.05, 0) is 18.6 Å². The van der Waals surface area contributed by atoms with E-state index in [4.69, 9.17) is 0 Å². The van der Waals surface area contributed by atoms with E-state index in [1.165, 1.54) is 0 Å². The van der Waals surface area contributed by atoms with Crippen LogP contribution in [-0.2, 0) is 4.79 Å². The summed E-state index contributed by atoms with van der Waals surface area (Å²) >= 11 is 0. The Morgan fingerprint density at radius 2 is 2.06 bits per heavy atom. The van der Waals surface area contributed by atoms with Crippen molar-refractivity contribution in [2.45, 2.75) is 12.8 Å². The van der Waals surface area contributed by atoms with Crippen LogP contribution in [0.1, 0.15) is 12.8 Å². The first-order valence-corrected chi connectivity index (χ1v) is 5.50. The van der Waals surface area contributed by atoms with Gasteiger partial charge in [-0.15, -0.1) is 0 Å². The molecule has 0 bridgehead atoms. The highest BCUT2D eigenvalue weighted by Crippen LogP contribution is 2.28. The van der Waals surface area contributed by atoms with Crippen molar-refractivity contribution >= 4 is 22.5 Å². The van der Waals surface area contributed by atoms with Gasteiger partial charge in [-0.3, -0.25) is 9.78 Å². The summed E-state index contributed by atoms with van der Waals surface area (Å²) in [4.78, 5) is 17.9. The van der Waals surface area contributed by atoms with Crippen LogP contribution in [0.2, 0.25) is 0 Å². The third kappa shape index (κ3) is 1.36. The summed E-state index contributed by atoms with van der Waals surface area (Å²) in [7, 11) is 0. The average Bonchev–Trinajstić information content (AvgIpc) is 2.75. The second kappa shape index (κ2) is 3.59. The highest BCUT2D eigenvalue weighted by atomic mass is 16.2. The van der Waals surface area contributed by atoms with Crippen LogP contribution in [-0.4, -0.2) is 17.4 Å². The summed E-state index contributed by atoms with van der Waals surface area (Å²) in [6, 6.07) is 9.85. The van der Waals surface area contributed by atoms with Crippen LogP contribution in [0.3, 0.4) is 0 Å². The zero-order valence-corrected chi connectivity index (χ0v) is 8.89. The van der Waals surface area contributed by atoms with Gasteiger partial charge in [0.1, 0.15) is 0 Å². The quantitative estimate of drug-likeness (QED) is 0.727. The fraction of sp³-hybridized carbons (Fsp3) is 0.231. The van der Waals surface area contributed by atoms with Crippen LogP contribution in [0, 0.1) is 0 Å². The van der Waals surface area contributed by atoms with E-state index >= 15 is 0 Å². The van der Waals surface area contributed by atoms with Gasteiger partial charge in [0.15, 0.2) is 0 Å². The molecule has 0 atom stereocenters. The molecule has 0 aliphatic carbocycles. The topological polar surface area (TPSA) is 33.2 Å². The molecular weight excluding hydrogens is 200 g/mol. The predicted molar refractivity (Wildman–Crippen MR) is 63.3 cm³/mol. The minimum absolute atomic E-state index is 0.219. The predicted octanol–water partition coefficient (Wildman–Crippen LogP) is 2.36. The molecule has 1 fully saturated rings. The Kier molecular flexibility index (Phi) is 2.10. The zero-order chi connectivity index (χ0) is 11.0.